The van der Waals surface area contributed by atoms with Crippen molar-refractivity contribution in [3.63, 3.8) is 0 Å². The van der Waals surface area contributed by atoms with Crippen molar-refractivity contribution in [2.24, 2.45) is 0 Å². The van der Waals surface area contributed by atoms with Gasteiger partial charge in [-0.05, 0) is 29.2 Å². The van der Waals surface area contributed by atoms with Crippen LogP contribution in [0.25, 0.3) is 10.9 Å². The minimum absolute atomic E-state index is 0.110. The van der Waals surface area contributed by atoms with Crippen molar-refractivity contribution >= 4 is 28.3 Å². The summed E-state index contributed by atoms with van der Waals surface area (Å²) in [5, 5.41) is 1.79. The van der Waals surface area contributed by atoms with Crippen LogP contribution in [0, 0.1) is 0 Å². The Hall–Kier alpha value is -2.19. The largest absolute Gasteiger partial charge is 0.299 e. The van der Waals surface area contributed by atoms with Crippen molar-refractivity contribution < 1.29 is 4.79 Å². The predicted molar refractivity (Wildman–Crippen MR) is 94.9 cm³/mol. The lowest BCUT2D eigenvalue weighted by atomic mass is 9.93. The summed E-state index contributed by atoms with van der Waals surface area (Å²) in [6.45, 7) is 2.04. The van der Waals surface area contributed by atoms with Crippen molar-refractivity contribution in [3.8, 4) is 0 Å². The van der Waals surface area contributed by atoms with Gasteiger partial charge in [0.05, 0.1) is 5.52 Å². The molecule has 0 fully saturated rings. The monoisotopic (exact) mass is 323 g/mol. The van der Waals surface area contributed by atoms with Gasteiger partial charge in [-0.1, -0.05) is 61.0 Å². The van der Waals surface area contributed by atoms with Crippen LogP contribution in [-0.4, -0.2) is 10.8 Å². The minimum atomic E-state index is 0.110. The van der Waals surface area contributed by atoms with Gasteiger partial charge in [0.2, 0.25) is 0 Å². The summed E-state index contributed by atoms with van der Waals surface area (Å²) in [6.07, 6.45) is 2.65. The summed E-state index contributed by atoms with van der Waals surface area (Å²) in [5.41, 5.74) is 2.92. The Morgan fingerprint density at radius 2 is 1.87 bits per heavy atom. The number of carbonyl (C=O) groups is 1. The summed E-state index contributed by atoms with van der Waals surface area (Å²) in [7, 11) is 0. The molecule has 0 radical (unpaired) electrons. The molecule has 0 saturated heterocycles. The Balaban J connectivity index is 1.75. The molecule has 23 heavy (non-hydrogen) atoms. The van der Waals surface area contributed by atoms with Crippen LogP contribution in [-0.2, 0) is 11.2 Å². The summed E-state index contributed by atoms with van der Waals surface area (Å²) in [4.78, 5) is 16.9. The number of rotatable bonds is 5. The number of Topliss-reactive ketones (excluding diaryl/α,β-unsaturated/α-hetero) is 1. The average molecular weight is 324 g/mol. The predicted octanol–water partition coefficient (Wildman–Crippen LogP) is 5.19. The number of halogens is 1. The maximum Gasteiger partial charge on any atom is 0.137 e. The third-order valence-corrected chi connectivity index (χ3v) is 4.42. The average Bonchev–Trinajstić information content (AvgIpc) is 2.55. The van der Waals surface area contributed by atoms with Crippen LogP contribution in [0.1, 0.15) is 30.4 Å². The number of aromatic nitrogens is 1. The van der Waals surface area contributed by atoms with Crippen molar-refractivity contribution in [1.82, 2.24) is 4.98 Å². The smallest absolute Gasteiger partial charge is 0.137 e. The molecule has 1 atom stereocenters. The van der Waals surface area contributed by atoms with Gasteiger partial charge in [0.25, 0.3) is 0 Å². The molecule has 0 amide bonds. The molecule has 0 saturated carbocycles. The van der Waals surface area contributed by atoms with Crippen molar-refractivity contribution in [3.05, 3.63) is 76.9 Å². The molecule has 0 aliphatic carbocycles. The van der Waals surface area contributed by atoms with E-state index in [0.717, 1.165) is 27.1 Å². The van der Waals surface area contributed by atoms with Crippen LogP contribution >= 0.6 is 11.6 Å². The van der Waals surface area contributed by atoms with Crippen LogP contribution in [0.5, 0.6) is 0 Å². The van der Waals surface area contributed by atoms with E-state index in [1.807, 2.05) is 61.5 Å². The Bertz CT molecular complexity index is 838. The molecule has 3 rings (SSSR count). The summed E-state index contributed by atoms with van der Waals surface area (Å²) >= 11 is 6.22. The van der Waals surface area contributed by atoms with Crippen molar-refractivity contribution in [1.29, 1.82) is 0 Å². The zero-order valence-corrected chi connectivity index (χ0v) is 13.8. The summed E-state index contributed by atoms with van der Waals surface area (Å²) in [6, 6.07) is 17.6. The quantitative estimate of drug-likeness (QED) is 0.646. The number of pyridine rings is 1. The molecule has 1 aromatic heterocycles. The molecule has 3 heteroatoms. The normalized spacial score (nSPS) is 12.3. The van der Waals surface area contributed by atoms with Gasteiger partial charge < -0.3 is 0 Å². The number of hydrogen-bond donors (Lipinski definition) is 0. The number of fused-ring (bicyclic) bond motifs is 1. The molecule has 3 aromatic rings. The van der Waals surface area contributed by atoms with Crippen LogP contribution in [0.3, 0.4) is 0 Å². The van der Waals surface area contributed by atoms with E-state index < -0.39 is 0 Å². The van der Waals surface area contributed by atoms with Gasteiger partial charge in [-0.15, -0.1) is 0 Å². The first-order chi connectivity index (χ1) is 11.1. The highest BCUT2D eigenvalue weighted by Gasteiger charge is 2.15. The van der Waals surface area contributed by atoms with Gasteiger partial charge in [-0.2, -0.15) is 0 Å². The number of para-hydroxylation sites is 1. The number of hydrogen-bond acceptors (Lipinski definition) is 2. The highest BCUT2D eigenvalue weighted by Crippen LogP contribution is 2.27. The molecule has 0 N–H and O–H groups in total. The molecule has 1 unspecified atom stereocenters. The van der Waals surface area contributed by atoms with Gasteiger partial charge in [-0.3, -0.25) is 9.78 Å². The lowest BCUT2D eigenvalue weighted by Crippen LogP contribution is -2.08. The number of carbonyl (C=O) groups excluding carboxylic acids is 1. The van der Waals surface area contributed by atoms with E-state index in [4.69, 9.17) is 11.6 Å². The number of benzene rings is 2. The fourth-order valence-electron chi connectivity index (χ4n) is 2.92. The third kappa shape index (κ3) is 3.59. The van der Waals surface area contributed by atoms with E-state index in [0.29, 0.717) is 12.8 Å². The minimum Gasteiger partial charge on any atom is -0.299 e. The third-order valence-electron chi connectivity index (χ3n) is 4.07. The highest BCUT2D eigenvalue weighted by molar-refractivity contribution is 6.31. The lowest BCUT2D eigenvalue weighted by Gasteiger charge is -2.13. The topological polar surface area (TPSA) is 30.0 Å². The standard InChI is InChI=1S/C20H18ClNO/c1-14(18-9-2-3-10-19(18)21)12-17(23)13-16-7-4-6-15-8-5-11-22-20(15)16/h2-11,14H,12-13H2,1H3. The zero-order valence-electron chi connectivity index (χ0n) is 13.0. The van der Waals surface area contributed by atoms with E-state index in [2.05, 4.69) is 4.98 Å². The lowest BCUT2D eigenvalue weighted by molar-refractivity contribution is -0.118. The SMILES string of the molecule is CC(CC(=O)Cc1cccc2cccnc12)c1ccccc1Cl. The molecule has 1 heterocycles. The Morgan fingerprint density at radius 1 is 1.09 bits per heavy atom. The van der Waals surface area contributed by atoms with E-state index in [1.54, 1.807) is 6.20 Å². The van der Waals surface area contributed by atoms with E-state index in [-0.39, 0.29) is 11.7 Å². The zero-order chi connectivity index (χ0) is 16.2. The molecule has 0 bridgehead atoms. The van der Waals surface area contributed by atoms with Crippen LogP contribution < -0.4 is 0 Å². The maximum atomic E-state index is 12.5. The van der Waals surface area contributed by atoms with E-state index >= 15 is 0 Å². The van der Waals surface area contributed by atoms with Crippen molar-refractivity contribution in [2.75, 3.05) is 0 Å². The van der Waals surface area contributed by atoms with Gasteiger partial charge >= 0.3 is 0 Å². The van der Waals surface area contributed by atoms with E-state index in [9.17, 15) is 4.79 Å². The van der Waals surface area contributed by atoms with Gasteiger partial charge in [-0.25, -0.2) is 0 Å². The fourth-order valence-corrected chi connectivity index (χ4v) is 3.24. The Morgan fingerprint density at radius 3 is 2.70 bits per heavy atom. The van der Waals surface area contributed by atoms with Crippen molar-refractivity contribution in [2.45, 2.75) is 25.7 Å². The molecule has 116 valence electrons. The Kier molecular flexibility index (Phi) is 4.73. The first-order valence-electron chi connectivity index (χ1n) is 7.74. The number of nitrogens with zero attached hydrogens (tertiary/aromatic N) is 1. The van der Waals surface area contributed by atoms with Crippen LogP contribution in [0.4, 0.5) is 0 Å². The Labute approximate surface area is 141 Å². The second kappa shape index (κ2) is 6.93. The first kappa shape index (κ1) is 15.7. The molecule has 2 nitrogen and oxygen atoms in total. The molecular weight excluding hydrogens is 306 g/mol. The molecule has 2 aromatic carbocycles. The first-order valence-corrected chi connectivity index (χ1v) is 8.11. The van der Waals surface area contributed by atoms with Gasteiger partial charge in [0.15, 0.2) is 0 Å². The maximum absolute atomic E-state index is 12.5. The van der Waals surface area contributed by atoms with Gasteiger partial charge in [0.1, 0.15) is 5.78 Å². The number of ketones is 1. The molecule has 0 spiro atoms. The fraction of sp³-hybridized carbons (Fsp3) is 0.200. The van der Waals surface area contributed by atoms with Crippen LogP contribution in [0.2, 0.25) is 5.02 Å². The molecular formula is C20H18ClNO. The summed E-state index contributed by atoms with van der Waals surface area (Å²) < 4.78 is 0. The van der Waals surface area contributed by atoms with Crippen LogP contribution in [0.15, 0.2) is 60.8 Å². The van der Waals surface area contributed by atoms with Gasteiger partial charge in [0, 0.05) is 29.4 Å². The highest BCUT2D eigenvalue weighted by atomic mass is 35.5. The molecule has 0 aliphatic heterocycles. The second-order valence-electron chi connectivity index (χ2n) is 5.83. The second-order valence-corrected chi connectivity index (χ2v) is 6.24. The van der Waals surface area contributed by atoms with E-state index in [1.165, 1.54) is 0 Å². The molecule has 0 aliphatic rings. The summed E-state index contributed by atoms with van der Waals surface area (Å²) in [5.74, 6) is 0.315.